The molecule has 0 aliphatic carbocycles. The first-order chi connectivity index (χ1) is 14.2. The molecule has 0 saturated carbocycles. The highest BCUT2D eigenvalue weighted by molar-refractivity contribution is 5.69. The molecule has 0 bridgehead atoms. The molecule has 3 rings (SSSR count). The van der Waals surface area contributed by atoms with Crippen LogP contribution < -0.4 is 4.90 Å². The third kappa shape index (κ3) is 4.51. The monoisotopic (exact) mass is 422 g/mol. The number of esters is 3. The molecule has 0 aromatic heterocycles. The number of nitrogens with zero attached hydrogens (tertiary/aromatic N) is 2. The van der Waals surface area contributed by atoms with Crippen molar-refractivity contribution in [2.75, 3.05) is 18.1 Å². The minimum atomic E-state index is -1.08. The normalized spacial score (nSPS) is 25.2. The summed E-state index contributed by atoms with van der Waals surface area (Å²) in [6, 6.07) is 4.48. The predicted molar refractivity (Wildman–Crippen MR) is 101 cm³/mol. The van der Waals surface area contributed by atoms with E-state index in [4.69, 9.17) is 18.9 Å². The zero-order valence-electron chi connectivity index (χ0n) is 16.7. The topological polar surface area (TPSA) is 135 Å². The molecular formula is C19H22N2O9. The van der Waals surface area contributed by atoms with Gasteiger partial charge >= 0.3 is 17.9 Å². The average Bonchev–Trinajstić information content (AvgIpc) is 3.06. The van der Waals surface area contributed by atoms with Gasteiger partial charge in [0.2, 0.25) is 0 Å². The highest BCUT2D eigenvalue weighted by atomic mass is 16.6. The first-order valence-corrected chi connectivity index (χ1v) is 9.34. The number of fused-ring (bicyclic) bond motifs is 1. The van der Waals surface area contributed by atoms with Crippen LogP contribution in [0.15, 0.2) is 18.2 Å². The molecule has 162 valence electrons. The average molecular weight is 422 g/mol. The Balaban J connectivity index is 1.94. The summed E-state index contributed by atoms with van der Waals surface area (Å²) in [7, 11) is 0. The van der Waals surface area contributed by atoms with E-state index in [0.717, 1.165) is 5.56 Å². The smallest absolute Gasteiger partial charge is 0.303 e. The second kappa shape index (κ2) is 8.66. The van der Waals surface area contributed by atoms with E-state index in [2.05, 4.69) is 0 Å². The van der Waals surface area contributed by atoms with Gasteiger partial charge in [-0.15, -0.1) is 0 Å². The first kappa shape index (κ1) is 21.5. The summed E-state index contributed by atoms with van der Waals surface area (Å²) in [6.45, 7) is 3.98. The van der Waals surface area contributed by atoms with Crippen LogP contribution >= 0.6 is 0 Å². The Morgan fingerprint density at radius 1 is 1.07 bits per heavy atom. The summed E-state index contributed by atoms with van der Waals surface area (Å²) in [5.74, 6) is -1.86. The van der Waals surface area contributed by atoms with E-state index in [1.54, 1.807) is 11.0 Å². The number of anilines is 1. The lowest BCUT2D eigenvalue weighted by Crippen LogP contribution is -2.62. The van der Waals surface area contributed by atoms with Crippen LogP contribution in [0.5, 0.6) is 0 Å². The second-order valence-corrected chi connectivity index (χ2v) is 7.03. The fourth-order valence-corrected chi connectivity index (χ4v) is 3.78. The van der Waals surface area contributed by atoms with Gasteiger partial charge in [-0.05, 0) is 18.1 Å². The number of nitro benzene ring substituents is 1. The molecule has 0 N–H and O–H groups in total. The summed E-state index contributed by atoms with van der Waals surface area (Å²) < 4.78 is 21.9. The number of non-ortho nitro benzene ring substituents is 1. The number of carbonyl (C=O) groups excluding carboxylic acids is 3. The zero-order chi connectivity index (χ0) is 22.0. The van der Waals surface area contributed by atoms with Gasteiger partial charge in [0.15, 0.2) is 24.5 Å². The molecule has 2 heterocycles. The van der Waals surface area contributed by atoms with Gasteiger partial charge in [0, 0.05) is 45.1 Å². The summed E-state index contributed by atoms with van der Waals surface area (Å²) in [5, 5.41) is 11.0. The maximum atomic E-state index is 11.8. The zero-order valence-corrected chi connectivity index (χ0v) is 16.7. The van der Waals surface area contributed by atoms with E-state index in [-0.39, 0.29) is 12.3 Å². The number of hydrogen-bond acceptors (Lipinski definition) is 10. The van der Waals surface area contributed by atoms with Crippen molar-refractivity contribution >= 4 is 29.3 Å². The minimum absolute atomic E-state index is 0.0237. The Kier molecular flexibility index (Phi) is 6.20. The van der Waals surface area contributed by atoms with Gasteiger partial charge in [0.25, 0.3) is 5.69 Å². The maximum Gasteiger partial charge on any atom is 0.303 e. The van der Waals surface area contributed by atoms with Crippen LogP contribution in [0.3, 0.4) is 0 Å². The largest absolute Gasteiger partial charge is 0.456 e. The Bertz CT molecular complexity index is 872. The molecule has 1 saturated heterocycles. The number of nitro groups is 1. The molecule has 0 spiro atoms. The molecule has 0 radical (unpaired) electrons. The van der Waals surface area contributed by atoms with Crippen LogP contribution in [0.2, 0.25) is 0 Å². The molecule has 1 aromatic rings. The van der Waals surface area contributed by atoms with Gasteiger partial charge in [0.1, 0.15) is 0 Å². The van der Waals surface area contributed by atoms with E-state index in [1.165, 1.54) is 32.9 Å². The molecule has 2 aliphatic rings. The third-order valence-electron chi connectivity index (χ3n) is 4.84. The minimum Gasteiger partial charge on any atom is -0.456 e. The van der Waals surface area contributed by atoms with E-state index in [0.29, 0.717) is 18.7 Å². The fraction of sp³-hybridized carbons (Fsp3) is 0.526. The van der Waals surface area contributed by atoms with Gasteiger partial charge < -0.3 is 23.8 Å². The van der Waals surface area contributed by atoms with Crippen molar-refractivity contribution in [3.63, 3.8) is 0 Å². The van der Waals surface area contributed by atoms with Crippen LogP contribution in [0.1, 0.15) is 26.3 Å². The lowest BCUT2D eigenvalue weighted by molar-refractivity contribution is -0.384. The summed E-state index contributed by atoms with van der Waals surface area (Å²) in [6.07, 6.45) is -3.42. The summed E-state index contributed by atoms with van der Waals surface area (Å²) in [5.41, 5.74) is 1.42. The number of benzene rings is 1. The fourth-order valence-electron chi connectivity index (χ4n) is 3.78. The molecule has 0 amide bonds. The van der Waals surface area contributed by atoms with Crippen molar-refractivity contribution in [2.24, 2.45) is 0 Å². The third-order valence-corrected chi connectivity index (χ3v) is 4.84. The standard InChI is InChI=1S/C19H22N2O9/c1-10(22)28-16-9-27-19(18(30-12(3)24)17(16)29-11(2)23)20-7-6-13-8-14(21(25)26)4-5-15(13)20/h4-5,8,16-19H,6-7,9H2,1-3H3/t16-,17+,18-,19+/m1/s1. The van der Waals surface area contributed by atoms with Crippen LogP contribution in [0.25, 0.3) is 0 Å². The van der Waals surface area contributed by atoms with Crippen molar-refractivity contribution in [1.29, 1.82) is 0 Å². The number of rotatable bonds is 5. The van der Waals surface area contributed by atoms with Gasteiger partial charge in [-0.3, -0.25) is 24.5 Å². The number of carbonyl (C=O) groups is 3. The van der Waals surface area contributed by atoms with Crippen LogP contribution in [0.4, 0.5) is 11.4 Å². The van der Waals surface area contributed by atoms with Crippen LogP contribution in [-0.2, 0) is 39.8 Å². The Hall–Kier alpha value is -3.21. The first-order valence-electron chi connectivity index (χ1n) is 9.34. The Morgan fingerprint density at radius 2 is 1.70 bits per heavy atom. The van der Waals surface area contributed by atoms with Gasteiger partial charge in [-0.2, -0.15) is 0 Å². The van der Waals surface area contributed by atoms with Gasteiger partial charge in [-0.1, -0.05) is 0 Å². The second-order valence-electron chi connectivity index (χ2n) is 7.03. The number of hydrogen-bond donors (Lipinski definition) is 0. The molecule has 30 heavy (non-hydrogen) atoms. The van der Waals surface area contributed by atoms with E-state index in [9.17, 15) is 24.5 Å². The molecule has 0 unspecified atom stereocenters. The predicted octanol–water partition coefficient (Wildman–Crippen LogP) is 1.11. The molecule has 1 aromatic carbocycles. The maximum absolute atomic E-state index is 11.8. The highest BCUT2D eigenvalue weighted by Gasteiger charge is 2.50. The van der Waals surface area contributed by atoms with Gasteiger partial charge in [0.05, 0.1) is 11.5 Å². The lowest BCUT2D eigenvalue weighted by atomic mass is 10.0. The summed E-state index contributed by atoms with van der Waals surface area (Å²) >= 11 is 0. The van der Waals surface area contributed by atoms with E-state index in [1.807, 2.05) is 0 Å². The Morgan fingerprint density at radius 3 is 2.30 bits per heavy atom. The van der Waals surface area contributed by atoms with Crippen LogP contribution in [-0.4, -0.2) is 60.5 Å². The molecule has 11 heteroatoms. The lowest BCUT2D eigenvalue weighted by Gasteiger charge is -2.44. The molecular weight excluding hydrogens is 400 g/mol. The van der Waals surface area contributed by atoms with Gasteiger partial charge in [-0.25, -0.2) is 0 Å². The van der Waals surface area contributed by atoms with Crippen molar-refractivity contribution in [3.05, 3.63) is 33.9 Å². The van der Waals surface area contributed by atoms with Crippen LogP contribution in [0, 0.1) is 10.1 Å². The van der Waals surface area contributed by atoms with E-state index < -0.39 is 47.4 Å². The summed E-state index contributed by atoms with van der Waals surface area (Å²) in [4.78, 5) is 47.3. The van der Waals surface area contributed by atoms with Crippen molar-refractivity contribution in [3.8, 4) is 0 Å². The molecule has 11 nitrogen and oxygen atoms in total. The number of ether oxygens (including phenoxy) is 4. The SMILES string of the molecule is CC(=O)O[C@@H]1[C@@H](OC(C)=O)[C@@H](N2CCc3cc([N+](=O)[O-])ccc32)OC[C@H]1OC(C)=O. The molecule has 2 aliphatic heterocycles. The highest BCUT2D eigenvalue weighted by Crippen LogP contribution is 2.36. The molecule has 1 fully saturated rings. The van der Waals surface area contributed by atoms with Crippen molar-refractivity contribution < 1.29 is 38.3 Å². The molecule has 4 atom stereocenters. The quantitative estimate of drug-likeness (QED) is 0.294. The Labute approximate surface area is 172 Å². The van der Waals surface area contributed by atoms with Crippen molar-refractivity contribution in [1.82, 2.24) is 0 Å². The van der Waals surface area contributed by atoms with Crippen molar-refractivity contribution in [2.45, 2.75) is 51.7 Å². The van der Waals surface area contributed by atoms with E-state index >= 15 is 0 Å².